The minimum atomic E-state index is -1.42. The molecule has 2 aromatic heterocycles. The Morgan fingerprint density at radius 1 is 1.28 bits per heavy atom. The van der Waals surface area contributed by atoms with E-state index in [4.69, 9.17) is 10.5 Å². The van der Waals surface area contributed by atoms with Crippen LogP contribution in [0.15, 0.2) is 34.2 Å². The summed E-state index contributed by atoms with van der Waals surface area (Å²) in [4.78, 5) is 24.9. The van der Waals surface area contributed by atoms with Gasteiger partial charge in [0.05, 0.1) is 12.8 Å². The Morgan fingerprint density at radius 3 is 2.62 bits per heavy atom. The molecule has 0 unspecified atom stereocenters. The van der Waals surface area contributed by atoms with Crippen molar-refractivity contribution in [1.29, 1.82) is 0 Å². The number of hydrogen-bond donors (Lipinski definition) is 6. The van der Waals surface area contributed by atoms with Crippen LogP contribution in [0.25, 0.3) is 11.2 Å². The number of aliphatic hydroxyl groups is 3. The van der Waals surface area contributed by atoms with Gasteiger partial charge in [-0.15, -0.1) is 0 Å². The van der Waals surface area contributed by atoms with Gasteiger partial charge in [0, 0.05) is 19.8 Å². The standard InChI is InChI=1S/C19H24N8O5/c1-26(2)10-5-3-9(4-6-10)7-21-25-19-22-12-15(23-18(20)24-16(12)31)27(19)17-14(30)13(29)11(8-28)32-17/h3-7,11,13-14,17,28-30H,8H2,1-2H3,(H,22,25)(H3,20,23,24,31)/b21-7-/t11-,13+,14-,17-/m1/s1. The van der Waals surface area contributed by atoms with E-state index < -0.39 is 36.7 Å². The quantitative estimate of drug-likeness (QED) is 0.200. The number of H-pyrrole nitrogens is 1. The van der Waals surface area contributed by atoms with Crippen molar-refractivity contribution in [3.63, 3.8) is 0 Å². The molecule has 7 N–H and O–H groups in total. The summed E-state index contributed by atoms with van der Waals surface area (Å²) in [5, 5.41) is 34.2. The monoisotopic (exact) mass is 444 g/mol. The molecular formula is C19H24N8O5. The Hall–Kier alpha value is -3.52. The van der Waals surface area contributed by atoms with E-state index in [0.717, 1.165) is 11.3 Å². The van der Waals surface area contributed by atoms with Crippen molar-refractivity contribution in [2.75, 3.05) is 36.8 Å². The van der Waals surface area contributed by atoms with Crippen molar-refractivity contribution in [3.8, 4) is 0 Å². The number of ether oxygens (including phenoxy) is 1. The third kappa shape index (κ3) is 3.89. The average molecular weight is 444 g/mol. The van der Waals surface area contributed by atoms with Crippen LogP contribution in [-0.2, 0) is 4.74 Å². The minimum absolute atomic E-state index is 0.0223. The van der Waals surface area contributed by atoms with Crippen LogP contribution in [0.4, 0.5) is 17.6 Å². The van der Waals surface area contributed by atoms with Gasteiger partial charge in [0.2, 0.25) is 11.9 Å². The van der Waals surface area contributed by atoms with E-state index >= 15 is 0 Å². The van der Waals surface area contributed by atoms with E-state index in [-0.39, 0.29) is 23.1 Å². The smallest absolute Gasteiger partial charge is 0.280 e. The number of nitrogen functional groups attached to an aromatic ring is 1. The molecule has 170 valence electrons. The number of rotatable bonds is 6. The molecule has 1 fully saturated rings. The lowest BCUT2D eigenvalue weighted by molar-refractivity contribution is -0.0501. The summed E-state index contributed by atoms with van der Waals surface area (Å²) in [6.07, 6.45) is -3.45. The summed E-state index contributed by atoms with van der Waals surface area (Å²) in [7, 11) is 3.88. The van der Waals surface area contributed by atoms with E-state index in [1.54, 1.807) is 6.21 Å². The number of fused-ring (bicyclic) bond motifs is 1. The van der Waals surface area contributed by atoms with Gasteiger partial charge in [-0.25, -0.2) is 10.4 Å². The topological polar surface area (TPSA) is 187 Å². The lowest BCUT2D eigenvalue weighted by Gasteiger charge is -2.18. The van der Waals surface area contributed by atoms with Crippen molar-refractivity contribution in [1.82, 2.24) is 19.5 Å². The number of hydrazone groups is 1. The average Bonchev–Trinajstić information content (AvgIpc) is 3.25. The molecule has 1 aliphatic heterocycles. The zero-order valence-electron chi connectivity index (χ0n) is 17.4. The number of anilines is 3. The van der Waals surface area contributed by atoms with Crippen LogP contribution in [0.5, 0.6) is 0 Å². The molecule has 3 heterocycles. The van der Waals surface area contributed by atoms with Crippen molar-refractivity contribution in [2.24, 2.45) is 5.10 Å². The Labute approximate surface area is 181 Å². The van der Waals surface area contributed by atoms with Crippen LogP contribution < -0.4 is 21.6 Å². The molecule has 0 amide bonds. The van der Waals surface area contributed by atoms with Gasteiger partial charge in [0.25, 0.3) is 5.56 Å². The molecule has 0 saturated carbocycles. The molecule has 13 nitrogen and oxygen atoms in total. The second-order valence-electron chi connectivity index (χ2n) is 7.51. The Bertz CT molecular complexity index is 1190. The maximum absolute atomic E-state index is 12.3. The Morgan fingerprint density at radius 2 is 2.00 bits per heavy atom. The summed E-state index contributed by atoms with van der Waals surface area (Å²) < 4.78 is 6.87. The summed E-state index contributed by atoms with van der Waals surface area (Å²) in [6, 6.07) is 7.62. The van der Waals surface area contributed by atoms with Crippen molar-refractivity contribution in [2.45, 2.75) is 24.5 Å². The minimum Gasteiger partial charge on any atom is -0.394 e. The molecule has 1 saturated heterocycles. The predicted molar refractivity (Wildman–Crippen MR) is 118 cm³/mol. The van der Waals surface area contributed by atoms with Crippen molar-refractivity contribution >= 4 is 35.0 Å². The molecule has 0 bridgehead atoms. The molecule has 13 heteroatoms. The highest BCUT2D eigenvalue weighted by Gasteiger charge is 2.45. The first-order chi connectivity index (χ1) is 15.3. The van der Waals surface area contributed by atoms with Crippen LogP contribution in [0, 0.1) is 0 Å². The van der Waals surface area contributed by atoms with Crippen molar-refractivity contribution in [3.05, 3.63) is 40.2 Å². The van der Waals surface area contributed by atoms with Gasteiger partial charge in [-0.1, -0.05) is 12.1 Å². The highest BCUT2D eigenvalue weighted by molar-refractivity contribution is 5.81. The summed E-state index contributed by atoms with van der Waals surface area (Å²) >= 11 is 0. The zero-order valence-corrected chi connectivity index (χ0v) is 17.4. The fourth-order valence-electron chi connectivity index (χ4n) is 3.44. The second-order valence-corrected chi connectivity index (χ2v) is 7.51. The fourth-order valence-corrected chi connectivity index (χ4v) is 3.44. The molecule has 0 aliphatic carbocycles. The number of imidazole rings is 1. The number of nitrogens with zero attached hydrogens (tertiary/aromatic N) is 5. The lowest BCUT2D eigenvalue weighted by atomic mass is 10.1. The van der Waals surface area contributed by atoms with Crippen molar-refractivity contribution < 1.29 is 20.1 Å². The maximum atomic E-state index is 12.3. The van der Waals surface area contributed by atoms with Gasteiger partial charge in [-0.3, -0.25) is 14.3 Å². The van der Waals surface area contributed by atoms with Crippen LogP contribution in [-0.4, -0.2) is 80.1 Å². The van der Waals surface area contributed by atoms with Gasteiger partial charge in [0.1, 0.15) is 18.3 Å². The van der Waals surface area contributed by atoms with E-state index in [1.165, 1.54) is 4.57 Å². The van der Waals surface area contributed by atoms with Gasteiger partial charge < -0.3 is 30.7 Å². The second kappa shape index (κ2) is 8.55. The number of benzene rings is 1. The molecule has 4 rings (SSSR count). The van der Waals surface area contributed by atoms with Gasteiger partial charge >= 0.3 is 0 Å². The Kier molecular flexibility index (Phi) is 5.80. The van der Waals surface area contributed by atoms with Crippen LogP contribution in [0.3, 0.4) is 0 Å². The van der Waals surface area contributed by atoms with Crippen LogP contribution >= 0.6 is 0 Å². The third-order valence-corrected chi connectivity index (χ3v) is 5.13. The molecule has 3 aromatic rings. The molecule has 32 heavy (non-hydrogen) atoms. The van der Waals surface area contributed by atoms with E-state index in [9.17, 15) is 20.1 Å². The van der Waals surface area contributed by atoms with Gasteiger partial charge in [-0.2, -0.15) is 10.1 Å². The van der Waals surface area contributed by atoms with E-state index in [0.29, 0.717) is 0 Å². The Balaban J connectivity index is 1.70. The van der Waals surface area contributed by atoms with Crippen LogP contribution in [0.1, 0.15) is 11.8 Å². The highest BCUT2D eigenvalue weighted by Crippen LogP contribution is 2.33. The van der Waals surface area contributed by atoms with Crippen LogP contribution in [0.2, 0.25) is 0 Å². The molecular weight excluding hydrogens is 420 g/mol. The molecule has 0 spiro atoms. The lowest BCUT2D eigenvalue weighted by Crippen LogP contribution is -2.33. The summed E-state index contributed by atoms with van der Waals surface area (Å²) in [6.45, 7) is -0.513. The first-order valence-corrected chi connectivity index (χ1v) is 9.76. The van der Waals surface area contributed by atoms with Gasteiger partial charge in [-0.05, 0) is 17.7 Å². The molecule has 0 radical (unpaired) electrons. The number of hydrogen-bond acceptors (Lipinski definition) is 11. The first kappa shape index (κ1) is 21.7. The van der Waals surface area contributed by atoms with Gasteiger partial charge in [0.15, 0.2) is 17.4 Å². The molecule has 1 aliphatic rings. The molecule has 1 aromatic carbocycles. The summed E-state index contributed by atoms with van der Waals surface area (Å²) in [5.41, 5.74) is 9.60. The number of aromatic amines is 1. The largest absolute Gasteiger partial charge is 0.394 e. The fraction of sp³-hybridized carbons (Fsp3) is 0.368. The number of nitrogens with two attached hydrogens (primary N) is 1. The molecule has 4 atom stereocenters. The third-order valence-electron chi connectivity index (χ3n) is 5.13. The van der Waals surface area contributed by atoms with E-state index in [1.807, 2.05) is 43.3 Å². The SMILES string of the molecule is CN(C)c1ccc(/C=N\Nc2nc3c(=O)[nH]c(N)nc3n2[C@@H]2O[C@H](CO)[C@H](O)[C@H]2O)cc1. The van der Waals surface area contributed by atoms with E-state index in [2.05, 4.69) is 25.5 Å². The number of aromatic nitrogens is 4. The maximum Gasteiger partial charge on any atom is 0.280 e. The number of nitrogens with one attached hydrogen (secondary N) is 2. The first-order valence-electron chi connectivity index (χ1n) is 9.76. The zero-order chi connectivity index (χ0) is 23.0. The normalized spacial score (nSPS) is 23.3. The summed E-state index contributed by atoms with van der Waals surface area (Å²) in [5.74, 6) is -0.133. The highest BCUT2D eigenvalue weighted by atomic mass is 16.6. The number of aliphatic hydroxyl groups excluding tert-OH is 3. The predicted octanol–water partition coefficient (Wildman–Crippen LogP) is -1.17.